The first-order chi connectivity index (χ1) is 5.00. The Morgan fingerprint density at radius 1 is 1.08 bits per heavy atom. The summed E-state index contributed by atoms with van der Waals surface area (Å²) in [5.74, 6) is 0. The van der Waals surface area contributed by atoms with Crippen LogP contribution in [0.3, 0.4) is 0 Å². The first-order valence-electron chi connectivity index (χ1n) is 2.78. The van der Waals surface area contributed by atoms with Crippen molar-refractivity contribution < 1.29 is 73.8 Å². The van der Waals surface area contributed by atoms with Gasteiger partial charge in [0.25, 0.3) is 0 Å². The van der Waals surface area contributed by atoms with Crippen LogP contribution in [0.1, 0.15) is 0 Å². The van der Waals surface area contributed by atoms with E-state index in [-0.39, 0.29) is 64.4 Å². The van der Waals surface area contributed by atoms with Gasteiger partial charge in [0.15, 0.2) is 0 Å². The minimum Gasteiger partial charge on any atom is -0.683 e. The van der Waals surface area contributed by atoms with Crippen molar-refractivity contribution in [2.45, 2.75) is 0 Å². The van der Waals surface area contributed by atoms with Crippen molar-refractivity contribution >= 4 is 29.2 Å². The van der Waals surface area contributed by atoms with E-state index < -0.39 is 7.94 Å². The normalized spacial score (nSPS) is 9.85. The number of rotatable bonds is 1. The van der Waals surface area contributed by atoms with Crippen molar-refractivity contribution in [1.82, 2.24) is 0 Å². The van der Waals surface area contributed by atoms with Crippen molar-refractivity contribution in [3.8, 4) is 0 Å². The van der Waals surface area contributed by atoms with Gasteiger partial charge in [-0.15, -0.1) is 7.94 Å². The molecular weight excluding hydrogens is 277 g/mol. The third-order valence-electron chi connectivity index (χ3n) is 1.12. The van der Waals surface area contributed by atoms with Gasteiger partial charge in [-0.3, -0.25) is 0 Å². The van der Waals surface area contributed by atoms with E-state index in [0.29, 0.717) is 4.47 Å². The average molecular weight is 281 g/mol. The van der Waals surface area contributed by atoms with Gasteiger partial charge in [-0.2, -0.15) is 0 Å². The molecule has 0 atom stereocenters. The molecule has 1 aromatic rings. The Labute approximate surface area is 130 Å². The Morgan fingerprint density at radius 3 is 1.92 bits per heavy atom. The van der Waals surface area contributed by atoms with Crippen molar-refractivity contribution in [1.29, 1.82) is 0 Å². The van der Waals surface area contributed by atoms with Gasteiger partial charge in [-0.1, -0.05) is 22.0 Å². The fraction of sp³-hybridized carbons (Fsp3) is 0. The fourth-order valence-electron chi connectivity index (χ4n) is 0.646. The minimum atomic E-state index is -4.58. The van der Waals surface area contributed by atoms with Gasteiger partial charge in [0.2, 0.25) is 0 Å². The molecular formula is C6H4BrNa2O3P. The van der Waals surface area contributed by atoms with Crippen LogP contribution in [-0.2, 0) is 0 Å². The number of benzene rings is 1. The van der Waals surface area contributed by atoms with Gasteiger partial charge in [0.05, 0.1) is 5.30 Å². The molecule has 0 aliphatic carbocycles. The average Bonchev–Trinajstić information content (AvgIpc) is 1.86. The second-order valence-electron chi connectivity index (χ2n) is 1.98. The zero-order valence-electron chi connectivity index (χ0n) is 7.36. The maximum atomic E-state index is 10.4. The maximum Gasteiger partial charge on any atom is 1.00 e. The Balaban J connectivity index is 0. The number of hydrogen-bond donors (Lipinski definition) is 0. The van der Waals surface area contributed by atoms with Crippen LogP contribution < -0.4 is 79.1 Å². The Kier molecular flexibility index (Phi) is 9.79. The fourth-order valence-corrected chi connectivity index (χ4v) is 1.79. The third-order valence-corrected chi connectivity index (χ3v) is 2.53. The SMILES string of the molecule is [Na+].[Na+].[O-][P+]([O-])([O-])c1cccc(Br)c1. The summed E-state index contributed by atoms with van der Waals surface area (Å²) in [6.45, 7) is 0. The van der Waals surface area contributed by atoms with Crippen molar-refractivity contribution in [2.75, 3.05) is 0 Å². The van der Waals surface area contributed by atoms with Crippen LogP contribution in [0, 0.1) is 0 Å². The second kappa shape index (κ2) is 7.31. The number of hydrogen-bond acceptors (Lipinski definition) is 3. The summed E-state index contributed by atoms with van der Waals surface area (Å²) >= 11 is 3.06. The molecule has 0 amide bonds. The molecule has 0 bridgehead atoms. The first kappa shape index (κ1) is 17.4. The molecule has 0 aliphatic heterocycles. The maximum absolute atomic E-state index is 10.4. The van der Waals surface area contributed by atoms with Gasteiger partial charge >= 0.3 is 59.1 Å². The molecule has 0 aromatic heterocycles. The molecule has 0 saturated carbocycles. The van der Waals surface area contributed by atoms with Gasteiger partial charge in [0, 0.05) is 4.47 Å². The molecule has 0 fully saturated rings. The van der Waals surface area contributed by atoms with Crippen molar-refractivity contribution in [2.24, 2.45) is 0 Å². The monoisotopic (exact) mass is 280 g/mol. The summed E-state index contributed by atoms with van der Waals surface area (Å²) in [6, 6.07) is 5.70. The molecule has 3 nitrogen and oxygen atoms in total. The molecule has 0 radical (unpaired) electrons. The molecule has 60 valence electrons. The van der Waals surface area contributed by atoms with Crippen molar-refractivity contribution in [3.05, 3.63) is 28.7 Å². The van der Waals surface area contributed by atoms with Gasteiger partial charge < -0.3 is 14.7 Å². The molecule has 7 heteroatoms. The number of halogens is 1. The summed E-state index contributed by atoms with van der Waals surface area (Å²) in [5, 5.41) is -0.188. The summed E-state index contributed by atoms with van der Waals surface area (Å²) < 4.78 is 0.585. The third kappa shape index (κ3) is 6.23. The predicted octanol–water partition coefficient (Wildman–Crippen LogP) is -7.07. The van der Waals surface area contributed by atoms with Gasteiger partial charge in [-0.25, -0.2) is 0 Å². The largest absolute Gasteiger partial charge is 1.00 e. The van der Waals surface area contributed by atoms with Crippen LogP contribution in [0.4, 0.5) is 0 Å². The van der Waals surface area contributed by atoms with E-state index >= 15 is 0 Å². The summed E-state index contributed by atoms with van der Waals surface area (Å²) in [6.07, 6.45) is 0. The first-order valence-corrected chi connectivity index (χ1v) is 5.12. The quantitative estimate of drug-likeness (QED) is 0.379. The molecule has 1 rings (SSSR count). The topological polar surface area (TPSA) is 69.2 Å². The molecule has 0 unspecified atom stereocenters. The van der Waals surface area contributed by atoms with Gasteiger partial charge in [0.1, 0.15) is 0 Å². The summed E-state index contributed by atoms with van der Waals surface area (Å²) in [7, 11) is -4.58. The van der Waals surface area contributed by atoms with Crippen molar-refractivity contribution in [3.63, 3.8) is 0 Å². The Hall–Kier alpha value is 2.01. The molecule has 0 heterocycles. The van der Waals surface area contributed by atoms with E-state index in [1.165, 1.54) is 18.2 Å². The standard InChI is InChI=1S/C6H6BrO3P.2Na/c7-5-2-1-3-6(4-5)11(8,9)10;;/h1-4H,(H2,8,9,10);;/q;2*+1/p-2. The summed E-state index contributed by atoms with van der Waals surface area (Å²) in [4.78, 5) is 31.3. The van der Waals surface area contributed by atoms with Crippen LogP contribution in [0.25, 0.3) is 0 Å². The Morgan fingerprint density at radius 2 is 1.62 bits per heavy atom. The summed E-state index contributed by atoms with van der Waals surface area (Å²) in [5.41, 5.74) is 0. The molecule has 0 saturated heterocycles. The molecule has 1 aromatic carbocycles. The van der Waals surface area contributed by atoms with Crippen LogP contribution in [-0.4, -0.2) is 0 Å². The van der Waals surface area contributed by atoms with E-state index in [1.807, 2.05) is 0 Å². The van der Waals surface area contributed by atoms with Crippen LogP contribution >= 0.6 is 23.9 Å². The zero-order valence-corrected chi connectivity index (χ0v) is 13.8. The van der Waals surface area contributed by atoms with E-state index in [0.717, 1.165) is 0 Å². The minimum absolute atomic E-state index is 0. The predicted molar refractivity (Wildman–Crippen MR) is 40.7 cm³/mol. The Bertz CT molecular complexity index is 266. The molecule has 13 heavy (non-hydrogen) atoms. The van der Waals surface area contributed by atoms with Crippen LogP contribution in [0.15, 0.2) is 28.7 Å². The molecule has 0 spiro atoms. The molecule has 0 N–H and O–H groups in total. The van der Waals surface area contributed by atoms with E-state index in [1.54, 1.807) is 6.07 Å². The van der Waals surface area contributed by atoms with E-state index in [9.17, 15) is 14.7 Å². The van der Waals surface area contributed by atoms with E-state index in [2.05, 4.69) is 15.9 Å². The van der Waals surface area contributed by atoms with Crippen LogP contribution in [0.5, 0.6) is 0 Å². The van der Waals surface area contributed by atoms with Gasteiger partial charge in [-0.05, 0) is 18.2 Å². The van der Waals surface area contributed by atoms with Crippen LogP contribution in [0.2, 0.25) is 0 Å². The smallest absolute Gasteiger partial charge is 0.683 e. The molecule has 0 aliphatic rings. The second-order valence-corrected chi connectivity index (χ2v) is 4.40. The zero-order chi connectivity index (χ0) is 8.48. The van der Waals surface area contributed by atoms with E-state index in [4.69, 9.17) is 0 Å².